The molecule has 23 heavy (non-hydrogen) atoms. The van der Waals surface area contributed by atoms with E-state index in [-0.39, 0.29) is 0 Å². The standard InChI is InChI=1S/C17H22FN3O2/c18-11-16(4-1-5-17(10-16)22-6-7-23-17)12-21-15-8-13(9-19)2-3-14(15)20/h2-3,8,21H,1,4-7,10-12,20H2. The summed E-state index contributed by atoms with van der Waals surface area (Å²) in [5.41, 5.74) is 7.17. The molecule has 6 heteroatoms. The minimum absolute atomic E-state index is 0.438. The normalized spacial score (nSPS) is 26.1. The molecular weight excluding hydrogens is 297 g/mol. The molecule has 1 aliphatic heterocycles. The fraction of sp³-hybridized carbons (Fsp3) is 0.588. The Hall–Kier alpha value is -1.84. The summed E-state index contributed by atoms with van der Waals surface area (Å²) in [6, 6.07) is 7.14. The number of halogens is 1. The van der Waals surface area contributed by atoms with Crippen molar-refractivity contribution in [2.24, 2.45) is 5.41 Å². The third-order valence-corrected chi connectivity index (χ3v) is 4.84. The van der Waals surface area contributed by atoms with Gasteiger partial charge in [-0.25, -0.2) is 0 Å². The van der Waals surface area contributed by atoms with Gasteiger partial charge in [-0.3, -0.25) is 4.39 Å². The lowest BCUT2D eigenvalue weighted by molar-refractivity contribution is -0.202. The number of nitrogens with one attached hydrogen (secondary N) is 1. The van der Waals surface area contributed by atoms with Crippen molar-refractivity contribution in [1.82, 2.24) is 0 Å². The Labute approximate surface area is 135 Å². The van der Waals surface area contributed by atoms with Gasteiger partial charge in [0.25, 0.3) is 0 Å². The Morgan fingerprint density at radius 3 is 2.78 bits per heavy atom. The highest BCUT2D eigenvalue weighted by molar-refractivity contribution is 5.68. The number of hydrogen-bond acceptors (Lipinski definition) is 5. The number of anilines is 2. The number of rotatable bonds is 4. The van der Waals surface area contributed by atoms with Crippen LogP contribution in [0.2, 0.25) is 0 Å². The third kappa shape index (κ3) is 3.26. The molecule has 1 aromatic rings. The molecule has 1 atom stereocenters. The maximum Gasteiger partial charge on any atom is 0.169 e. The fourth-order valence-corrected chi connectivity index (χ4v) is 3.60. The molecule has 124 valence electrons. The number of nitrogens with zero attached hydrogens (tertiary/aromatic N) is 1. The Balaban J connectivity index is 1.73. The Morgan fingerprint density at radius 1 is 1.30 bits per heavy atom. The van der Waals surface area contributed by atoms with E-state index in [0.29, 0.717) is 43.1 Å². The van der Waals surface area contributed by atoms with Crippen LogP contribution in [0, 0.1) is 16.7 Å². The minimum Gasteiger partial charge on any atom is -0.397 e. The maximum atomic E-state index is 13.9. The van der Waals surface area contributed by atoms with Gasteiger partial charge in [0, 0.05) is 24.8 Å². The average Bonchev–Trinajstić information content (AvgIpc) is 3.01. The number of nitrogens with two attached hydrogens (primary N) is 1. The van der Waals surface area contributed by atoms with Crippen LogP contribution >= 0.6 is 0 Å². The smallest absolute Gasteiger partial charge is 0.169 e. The van der Waals surface area contributed by atoms with Gasteiger partial charge in [0.15, 0.2) is 5.79 Å². The minimum atomic E-state index is -0.619. The van der Waals surface area contributed by atoms with Crippen molar-refractivity contribution in [2.45, 2.75) is 31.5 Å². The molecule has 1 saturated carbocycles. The van der Waals surface area contributed by atoms with Crippen molar-refractivity contribution in [2.75, 3.05) is 37.5 Å². The van der Waals surface area contributed by atoms with Crippen LogP contribution < -0.4 is 11.1 Å². The van der Waals surface area contributed by atoms with Crippen molar-refractivity contribution >= 4 is 11.4 Å². The quantitative estimate of drug-likeness (QED) is 0.834. The zero-order valence-electron chi connectivity index (χ0n) is 13.1. The van der Waals surface area contributed by atoms with Gasteiger partial charge >= 0.3 is 0 Å². The second-order valence-electron chi connectivity index (χ2n) is 6.54. The molecule has 1 saturated heterocycles. The molecule has 1 aliphatic carbocycles. The van der Waals surface area contributed by atoms with Crippen molar-refractivity contribution in [3.8, 4) is 6.07 Å². The number of alkyl halides is 1. The van der Waals surface area contributed by atoms with Gasteiger partial charge in [0.05, 0.1) is 42.9 Å². The molecule has 2 fully saturated rings. The van der Waals surface area contributed by atoms with Crippen molar-refractivity contribution < 1.29 is 13.9 Å². The molecule has 1 heterocycles. The van der Waals surface area contributed by atoms with Gasteiger partial charge in [-0.05, 0) is 31.0 Å². The highest BCUT2D eigenvalue weighted by atomic mass is 19.1. The molecule has 1 unspecified atom stereocenters. The largest absolute Gasteiger partial charge is 0.397 e. The topological polar surface area (TPSA) is 80.3 Å². The maximum absolute atomic E-state index is 13.9. The number of nitrogen functional groups attached to an aromatic ring is 1. The SMILES string of the molecule is N#Cc1ccc(N)c(NCC2(CF)CCCC3(C2)OCCO3)c1. The summed E-state index contributed by atoms with van der Waals surface area (Å²) < 4.78 is 25.4. The number of hydrogen-bond donors (Lipinski definition) is 2. The van der Waals surface area contributed by atoms with Crippen LogP contribution in [-0.4, -0.2) is 32.2 Å². The van der Waals surface area contributed by atoms with E-state index in [0.717, 1.165) is 19.3 Å². The van der Waals surface area contributed by atoms with Crippen LogP contribution in [0.15, 0.2) is 18.2 Å². The van der Waals surface area contributed by atoms with Crippen LogP contribution in [-0.2, 0) is 9.47 Å². The first-order valence-electron chi connectivity index (χ1n) is 7.98. The van der Waals surface area contributed by atoms with E-state index in [1.165, 1.54) is 0 Å². The average molecular weight is 319 g/mol. The van der Waals surface area contributed by atoms with E-state index < -0.39 is 17.9 Å². The van der Waals surface area contributed by atoms with Crippen LogP contribution in [0.4, 0.5) is 15.8 Å². The number of nitriles is 1. The van der Waals surface area contributed by atoms with Crippen molar-refractivity contribution in [3.05, 3.63) is 23.8 Å². The van der Waals surface area contributed by atoms with Gasteiger partial charge in [-0.15, -0.1) is 0 Å². The molecule has 1 aromatic carbocycles. The van der Waals surface area contributed by atoms with E-state index >= 15 is 0 Å². The van der Waals surface area contributed by atoms with Crippen molar-refractivity contribution in [3.63, 3.8) is 0 Å². The van der Waals surface area contributed by atoms with Crippen LogP contribution in [0.1, 0.15) is 31.2 Å². The highest BCUT2D eigenvalue weighted by Crippen LogP contribution is 2.46. The molecule has 0 aromatic heterocycles. The van der Waals surface area contributed by atoms with E-state index in [1.54, 1.807) is 18.2 Å². The van der Waals surface area contributed by atoms with Crippen molar-refractivity contribution in [1.29, 1.82) is 5.26 Å². The summed E-state index contributed by atoms with van der Waals surface area (Å²) in [5.74, 6) is -0.619. The predicted octanol–water partition coefficient (Wildman–Crippen LogP) is 2.83. The Morgan fingerprint density at radius 2 is 2.09 bits per heavy atom. The summed E-state index contributed by atoms with van der Waals surface area (Å²) in [6.07, 6.45) is 3.02. The van der Waals surface area contributed by atoms with E-state index in [2.05, 4.69) is 11.4 Å². The molecule has 5 nitrogen and oxygen atoms in total. The molecule has 0 radical (unpaired) electrons. The zero-order chi connectivity index (χ0) is 16.3. The van der Waals surface area contributed by atoms with E-state index in [1.807, 2.05) is 0 Å². The molecule has 3 N–H and O–H groups in total. The number of ether oxygens (including phenoxy) is 2. The van der Waals surface area contributed by atoms with E-state index in [9.17, 15) is 4.39 Å². The lowest BCUT2D eigenvalue weighted by atomic mass is 9.72. The number of benzene rings is 1. The van der Waals surface area contributed by atoms with E-state index in [4.69, 9.17) is 20.5 Å². The molecule has 3 rings (SSSR count). The summed E-state index contributed by atoms with van der Waals surface area (Å²) >= 11 is 0. The molecular formula is C17H22FN3O2. The van der Waals surface area contributed by atoms with Crippen LogP contribution in [0.5, 0.6) is 0 Å². The Bertz CT molecular complexity index is 610. The molecule has 0 bridgehead atoms. The third-order valence-electron chi connectivity index (χ3n) is 4.84. The van der Waals surface area contributed by atoms with Gasteiger partial charge in [-0.1, -0.05) is 0 Å². The molecule has 1 spiro atoms. The van der Waals surface area contributed by atoms with Gasteiger partial charge in [-0.2, -0.15) is 5.26 Å². The second kappa shape index (κ2) is 6.34. The zero-order valence-corrected chi connectivity index (χ0v) is 13.1. The lowest BCUT2D eigenvalue weighted by Crippen LogP contribution is -2.46. The van der Waals surface area contributed by atoms with Gasteiger partial charge in [0.2, 0.25) is 0 Å². The predicted molar refractivity (Wildman–Crippen MR) is 85.6 cm³/mol. The van der Waals surface area contributed by atoms with Gasteiger partial charge in [0.1, 0.15) is 0 Å². The molecule has 2 aliphatic rings. The first-order chi connectivity index (χ1) is 11.1. The van der Waals surface area contributed by atoms with Gasteiger partial charge < -0.3 is 20.5 Å². The first kappa shape index (κ1) is 16.0. The highest BCUT2D eigenvalue weighted by Gasteiger charge is 2.48. The Kier molecular flexibility index (Phi) is 4.42. The van der Waals surface area contributed by atoms with Crippen LogP contribution in [0.25, 0.3) is 0 Å². The summed E-state index contributed by atoms with van der Waals surface area (Å²) in [4.78, 5) is 0. The summed E-state index contributed by atoms with van der Waals surface area (Å²) in [7, 11) is 0. The first-order valence-corrected chi connectivity index (χ1v) is 7.98. The lowest BCUT2D eigenvalue weighted by Gasteiger charge is -2.43. The fourth-order valence-electron chi connectivity index (χ4n) is 3.60. The van der Waals surface area contributed by atoms with Crippen LogP contribution in [0.3, 0.4) is 0 Å². The second-order valence-corrected chi connectivity index (χ2v) is 6.54. The monoisotopic (exact) mass is 319 g/mol. The summed E-state index contributed by atoms with van der Waals surface area (Å²) in [5, 5.41) is 12.2. The molecule has 0 amide bonds. The summed E-state index contributed by atoms with van der Waals surface area (Å²) in [6.45, 7) is 1.16.